The number of nitrogens with one attached hydrogen (secondary N) is 1. The van der Waals surface area contributed by atoms with Crippen LogP contribution in [0.2, 0.25) is 0 Å². The molecular weight excluding hydrogens is 174 g/mol. The molecule has 2 aromatic rings. The Bertz CT molecular complexity index is 457. The van der Waals surface area contributed by atoms with Crippen LogP contribution in [0.25, 0.3) is 11.0 Å². The number of hydrogen-bond acceptors (Lipinski definition) is 2. The van der Waals surface area contributed by atoms with E-state index >= 15 is 0 Å². The van der Waals surface area contributed by atoms with Gasteiger partial charge in [0.2, 0.25) is 0 Å². The van der Waals surface area contributed by atoms with Crippen molar-refractivity contribution in [3.05, 3.63) is 29.6 Å². The van der Waals surface area contributed by atoms with Gasteiger partial charge in [-0.25, -0.2) is 4.98 Å². The standard InChI is InChI=1S/C11H15N3/c1-8-5-4-6-9-11(8)13-10(7-12-2)14(9)3/h4-6,12H,7H2,1-3H3. The average molecular weight is 189 g/mol. The van der Waals surface area contributed by atoms with Crippen LogP contribution < -0.4 is 5.32 Å². The summed E-state index contributed by atoms with van der Waals surface area (Å²) in [6.07, 6.45) is 0. The van der Waals surface area contributed by atoms with Crippen LogP contribution >= 0.6 is 0 Å². The largest absolute Gasteiger partial charge is 0.330 e. The predicted molar refractivity (Wildman–Crippen MR) is 58.2 cm³/mol. The third-order valence-electron chi connectivity index (χ3n) is 2.54. The van der Waals surface area contributed by atoms with Crippen molar-refractivity contribution in [2.24, 2.45) is 7.05 Å². The van der Waals surface area contributed by atoms with E-state index in [0.717, 1.165) is 17.9 Å². The Balaban J connectivity index is 2.67. The number of rotatable bonds is 2. The van der Waals surface area contributed by atoms with Gasteiger partial charge in [-0.1, -0.05) is 12.1 Å². The van der Waals surface area contributed by atoms with Gasteiger partial charge < -0.3 is 9.88 Å². The van der Waals surface area contributed by atoms with Gasteiger partial charge in [0, 0.05) is 7.05 Å². The summed E-state index contributed by atoms with van der Waals surface area (Å²) in [5, 5.41) is 3.12. The second kappa shape index (κ2) is 3.42. The van der Waals surface area contributed by atoms with Gasteiger partial charge in [0.25, 0.3) is 0 Å². The normalized spacial score (nSPS) is 11.1. The van der Waals surface area contributed by atoms with E-state index in [0.29, 0.717) is 0 Å². The van der Waals surface area contributed by atoms with E-state index in [-0.39, 0.29) is 0 Å². The quantitative estimate of drug-likeness (QED) is 0.777. The lowest BCUT2D eigenvalue weighted by Crippen LogP contribution is -2.10. The third-order valence-corrected chi connectivity index (χ3v) is 2.54. The molecule has 3 nitrogen and oxygen atoms in total. The molecule has 0 fully saturated rings. The molecule has 0 amide bonds. The Hall–Kier alpha value is -1.35. The number of benzene rings is 1. The van der Waals surface area contributed by atoms with Crippen molar-refractivity contribution in [2.45, 2.75) is 13.5 Å². The highest BCUT2D eigenvalue weighted by Crippen LogP contribution is 2.17. The lowest BCUT2D eigenvalue weighted by Gasteiger charge is -2.00. The number of aromatic nitrogens is 2. The van der Waals surface area contributed by atoms with Crippen LogP contribution in [0, 0.1) is 6.92 Å². The molecule has 0 aliphatic carbocycles. The molecular formula is C11H15N3. The number of nitrogens with zero attached hydrogens (tertiary/aromatic N) is 2. The number of aryl methyl sites for hydroxylation is 2. The minimum atomic E-state index is 0.810. The summed E-state index contributed by atoms with van der Waals surface area (Å²) in [5.41, 5.74) is 3.55. The van der Waals surface area contributed by atoms with E-state index in [1.165, 1.54) is 11.1 Å². The maximum atomic E-state index is 4.60. The average Bonchev–Trinajstić information content (AvgIpc) is 2.48. The van der Waals surface area contributed by atoms with Crippen molar-refractivity contribution in [2.75, 3.05) is 7.05 Å². The number of fused-ring (bicyclic) bond motifs is 1. The maximum absolute atomic E-state index is 4.60. The predicted octanol–water partition coefficient (Wildman–Crippen LogP) is 1.60. The van der Waals surface area contributed by atoms with Crippen LogP contribution in [-0.4, -0.2) is 16.6 Å². The first-order valence-electron chi connectivity index (χ1n) is 4.79. The van der Waals surface area contributed by atoms with Crippen molar-refractivity contribution < 1.29 is 0 Å². The van der Waals surface area contributed by atoms with Crippen LogP contribution in [-0.2, 0) is 13.6 Å². The molecule has 1 heterocycles. The molecule has 0 unspecified atom stereocenters. The highest BCUT2D eigenvalue weighted by Gasteiger charge is 2.07. The third kappa shape index (κ3) is 1.30. The van der Waals surface area contributed by atoms with Gasteiger partial charge in [0.05, 0.1) is 17.6 Å². The highest BCUT2D eigenvalue weighted by molar-refractivity contribution is 5.79. The summed E-state index contributed by atoms with van der Waals surface area (Å²) in [6.45, 7) is 2.91. The van der Waals surface area contributed by atoms with Crippen molar-refractivity contribution in [3.63, 3.8) is 0 Å². The van der Waals surface area contributed by atoms with E-state index in [9.17, 15) is 0 Å². The van der Waals surface area contributed by atoms with Crippen LogP contribution in [0.5, 0.6) is 0 Å². The molecule has 0 bridgehead atoms. The molecule has 0 radical (unpaired) electrons. The first-order valence-corrected chi connectivity index (χ1v) is 4.79. The van der Waals surface area contributed by atoms with E-state index in [1.54, 1.807) is 0 Å². The summed E-state index contributed by atoms with van der Waals surface area (Å²) in [7, 11) is 3.99. The molecule has 2 rings (SSSR count). The van der Waals surface area contributed by atoms with E-state index in [4.69, 9.17) is 0 Å². The van der Waals surface area contributed by atoms with Crippen LogP contribution in [0.1, 0.15) is 11.4 Å². The monoisotopic (exact) mass is 189 g/mol. The minimum absolute atomic E-state index is 0.810. The van der Waals surface area contributed by atoms with Gasteiger partial charge in [-0.05, 0) is 25.6 Å². The molecule has 14 heavy (non-hydrogen) atoms. The second-order valence-corrected chi connectivity index (χ2v) is 3.56. The van der Waals surface area contributed by atoms with E-state index < -0.39 is 0 Å². The molecule has 1 aromatic heterocycles. The maximum Gasteiger partial charge on any atom is 0.123 e. The molecule has 0 aliphatic heterocycles. The number of hydrogen-bond donors (Lipinski definition) is 1. The van der Waals surface area contributed by atoms with E-state index in [1.807, 2.05) is 7.05 Å². The molecule has 1 aromatic carbocycles. The zero-order chi connectivity index (χ0) is 10.1. The zero-order valence-corrected chi connectivity index (χ0v) is 8.83. The lowest BCUT2D eigenvalue weighted by molar-refractivity contribution is 0.719. The fraction of sp³-hybridized carbons (Fsp3) is 0.364. The molecule has 0 aliphatic rings. The molecule has 0 spiro atoms. The first kappa shape index (κ1) is 9.21. The Morgan fingerprint density at radius 3 is 2.86 bits per heavy atom. The number of imidazole rings is 1. The van der Waals surface area contributed by atoms with Gasteiger partial charge in [0.15, 0.2) is 0 Å². The SMILES string of the molecule is CNCc1nc2c(C)cccc2n1C. The molecule has 0 saturated carbocycles. The molecule has 0 atom stereocenters. The summed E-state index contributed by atoms with van der Waals surface area (Å²) in [6, 6.07) is 6.27. The summed E-state index contributed by atoms with van der Waals surface area (Å²) < 4.78 is 2.14. The summed E-state index contributed by atoms with van der Waals surface area (Å²) in [5.74, 6) is 1.08. The Labute approximate surface area is 83.8 Å². The Morgan fingerprint density at radius 2 is 2.21 bits per heavy atom. The Kier molecular flexibility index (Phi) is 2.25. The summed E-state index contributed by atoms with van der Waals surface area (Å²) >= 11 is 0. The van der Waals surface area contributed by atoms with Crippen molar-refractivity contribution in [3.8, 4) is 0 Å². The summed E-state index contributed by atoms with van der Waals surface area (Å²) in [4.78, 5) is 4.60. The van der Waals surface area contributed by atoms with Gasteiger partial charge in [-0.3, -0.25) is 0 Å². The van der Waals surface area contributed by atoms with Crippen molar-refractivity contribution >= 4 is 11.0 Å². The van der Waals surface area contributed by atoms with Gasteiger partial charge in [0.1, 0.15) is 5.82 Å². The fourth-order valence-electron chi connectivity index (χ4n) is 1.72. The van der Waals surface area contributed by atoms with Crippen molar-refractivity contribution in [1.29, 1.82) is 0 Å². The van der Waals surface area contributed by atoms with Crippen LogP contribution in [0.15, 0.2) is 18.2 Å². The van der Waals surface area contributed by atoms with Gasteiger partial charge >= 0.3 is 0 Å². The number of para-hydroxylation sites is 1. The fourth-order valence-corrected chi connectivity index (χ4v) is 1.72. The topological polar surface area (TPSA) is 29.9 Å². The molecule has 74 valence electrons. The van der Waals surface area contributed by atoms with Gasteiger partial charge in [-0.15, -0.1) is 0 Å². The highest BCUT2D eigenvalue weighted by atomic mass is 15.1. The smallest absolute Gasteiger partial charge is 0.123 e. The zero-order valence-electron chi connectivity index (χ0n) is 8.83. The second-order valence-electron chi connectivity index (χ2n) is 3.56. The van der Waals surface area contributed by atoms with Crippen LogP contribution in [0.4, 0.5) is 0 Å². The minimum Gasteiger partial charge on any atom is -0.330 e. The first-order chi connectivity index (χ1) is 6.74. The van der Waals surface area contributed by atoms with Crippen LogP contribution in [0.3, 0.4) is 0 Å². The van der Waals surface area contributed by atoms with Gasteiger partial charge in [-0.2, -0.15) is 0 Å². The lowest BCUT2D eigenvalue weighted by atomic mass is 10.2. The molecule has 3 heteroatoms. The van der Waals surface area contributed by atoms with Crippen molar-refractivity contribution in [1.82, 2.24) is 14.9 Å². The molecule has 1 N–H and O–H groups in total. The Morgan fingerprint density at radius 1 is 1.43 bits per heavy atom. The molecule has 0 saturated heterocycles. The van der Waals surface area contributed by atoms with E-state index in [2.05, 4.69) is 47.0 Å².